The number of hydroxylamine groups is 3. The van der Waals surface area contributed by atoms with E-state index in [9.17, 15) is 10.0 Å². The third-order valence-electron chi connectivity index (χ3n) is 7.32. The van der Waals surface area contributed by atoms with Crippen LogP contribution in [0.15, 0.2) is 79.0 Å². The number of anilines is 1. The van der Waals surface area contributed by atoms with E-state index >= 15 is 0 Å². The molecule has 0 radical (unpaired) electrons. The van der Waals surface area contributed by atoms with E-state index in [0.717, 1.165) is 46.3 Å². The second kappa shape index (κ2) is 11.7. The number of aromatic nitrogens is 1. The Kier molecular flexibility index (Phi) is 8.27. The zero-order valence-electron chi connectivity index (χ0n) is 21.5. The number of carbonyl (C=O) groups excluding carboxylic acids is 1. The summed E-state index contributed by atoms with van der Waals surface area (Å²) < 4.78 is -0.263. The van der Waals surface area contributed by atoms with Gasteiger partial charge < -0.3 is 15.2 Å². The third kappa shape index (κ3) is 6.63. The lowest BCUT2D eigenvalue weighted by molar-refractivity contribution is -0.899. The summed E-state index contributed by atoms with van der Waals surface area (Å²) in [5.74, 6) is -0.0478. The van der Waals surface area contributed by atoms with Crippen molar-refractivity contribution in [3.05, 3.63) is 122 Å². The maximum atomic E-state index is 13.7. The van der Waals surface area contributed by atoms with Gasteiger partial charge in [-0.15, -0.1) is 0 Å². The van der Waals surface area contributed by atoms with Crippen LogP contribution in [0.5, 0.6) is 0 Å². The van der Waals surface area contributed by atoms with Crippen LogP contribution in [0.25, 0.3) is 11.1 Å². The Morgan fingerprint density at radius 2 is 1.72 bits per heavy atom. The van der Waals surface area contributed by atoms with Crippen molar-refractivity contribution >= 4 is 46.4 Å². The third-order valence-corrected chi connectivity index (χ3v) is 8.08. The number of hydrogen-bond acceptors (Lipinski definition) is 3. The Balaban J connectivity index is 1.26. The molecule has 1 N–H and O–H groups in total. The van der Waals surface area contributed by atoms with E-state index in [1.54, 1.807) is 18.2 Å². The number of hydrogen-bond donors (Lipinski definition) is 1. The summed E-state index contributed by atoms with van der Waals surface area (Å²) >= 11 is 18.4. The molecule has 1 aromatic heterocycles. The van der Waals surface area contributed by atoms with Crippen molar-refractivity contribution < 1.29 is 9.44 Å². The van der Waals surface area contributed by atoms with Crippen LogP contribution >= 0.6 is 34.8 Å². The highest BCUT2D eigenvalue weighted by molar-refractivity contribution is 6.36. The van der Waals surface area contributed by atoms with Crippen molar-refractivity contribution in [2.24, 2.45) is 0 Å². The van der Waals surface area contributed by atoms with Gasteiger partial charge in [0, 0.05) is 51.5 Å². The van der Waals surface area contributed by atoms with Crippen LogP contribution < -0.4 is 5.32 Å². The molecule has 2 heterocycles. The first-order chi connectivity index (χ1) is 18.7. The van der Waals surface area contributed by atoms with Gasteiger partial charge in [0.2, 0.25) is 0 Å². The lowest BCUT2D eigenvalue weighted by Crippen LogP contribution is -2.47. The highest BCUT2D eigenvalue weighted by atomic mass is 35.5. The molecule has 39 heavy (non-hydrogen) atoms. The molecule has 1 saturated heterocycles. The van der Waals surface area contributed by atoms with E-state index in [4.69, 9.17) is 34.8 Å². The fourth-order valence-electron chi connectivity index (χ4n) is 5.23. The number of benzene rings is 3. The van der Waals surface area contributed by atoms with Gasteiger partial charge in [0.05, 0.1) is 13.1 Å². The number of piperidine rings is 1. The number of aryl methyl sites for hydroxylation is 1. The molecule has 5 rings (SSSR count). The molecule has 8 heteroatoms. The van der Waals surface area contributed by atoms with Crippen LogP contribution in [0.3, 0.4) is 0 Å². The van der Waals surface area contributed by atoms with Crippen molar-refractivity contribution in [3.63, 3.8) is 0 Å². The molecule has 1 fully saturated rings. The minimum absolute atomic E-state index is 0.191. The molecule has 0 bridgehead atoms. The smallest absolute Gasteiger partial charge is 0.255 e. The number of rotatable bonds is 6. The molecule has 0 unspecified atom stereocenters. The number of amides is 1. The summed E-state index contributed by atoms with van der Waals surface area (Å²) in [4.78, 5) is 16.8. The average molecular weight is 581 g/mol. The van der Waals surface area contributed by atoms with E-state index in [2.05, 4.69) is 16.4 Å². The summed E-state index contributed by atoms with van der Waals surface area (Å²) in [5.41, 5.74) is 6.29. The minimum atomic E-state index is -0.263. The monoisotopic (exact) mass is 579 g/mol. The van der Waals surface area contributed by atoms with Gasteiger partial charge in [-0.1, -0.05) is 82.8 Å². The first-order valence-corrected chi connectivity index (χ1v) is 14.0. The van der Waals surface area contributed by atoms with Crippen molar-refractivity contribution in [1.29, 1.82) is 0 Å². The fourth-order valence-corrected chi connectivity index (χ4v) is 5.92. The second-order valence-corrected chi connectivity index (χ2v) is 11.4. The van der Waals surface area contributed by atoms with Gasteiger partial charge in [0.1, 0.15) is 11.7 Å². The molecule has 0 saturated carbocycles. The first-order valence-electron chi connectivity index (χ1n) is 12.8. The zero-order valence-corrected chi connectivity index (χ0v) is 23.7. The Bertz CT molecular complexity index is 1500. The highest BCUT2D eigenvalue weighted by Crippen LogP contribution is 2.37. The van der Waals surface area contributed by atoms with E-state index < -0.39 is 0 Å². The predicted molar refractivity (Wildman–Crippen MR) is 159 cm³/mol. The molecule has 1 amide bonds. The average Bonchev–Trinajstić information content (AvgIpc) is 2.91. The topological polar surface area (TPSA) is 65.0 Å². The predicted octanol–water partition coefficient (Wildman–Crippen LogP) is 8.66. The summed E-state index contributed by atoms with van der Waals surface area (Å²) in [7, 11) is 0. The highest BCUT2D eigenvalue weighted by Gasteiger charge is 2.30. The molecule has 0 aliphatic carbocycles. The molecule has 4 aromatic rings. The summed E-state index contributed by atoms with van der Waals surface area (Å²) in [6.07, 6.45) is 3.01. The molecule has 0 atom stereocenters. The molecule has 1 aliphatic rings. The molecule has 200 valence electrons. The Morgan fingerprint density at radius 3 is 2.41 bits per heavy atom. The SMILES string of the molecule is Cc1ccc(NC(=O)c2ccnc(Cl)c2)c(C2CC[N+]([O-])(Cc3ccc(-c4ccc(Cl)cc4Cl)cc3)CC2)c1. The van der Waals surface area contributed by atoms with Crippen LogP contribution in [-0.2, 0) is 6.54 Å². The van der Waals surface area contributed by atoms with Crippen molar-refractivity contribution in [2.75, 3.05) is 18.4 Å². The number of nitrogens with one attached hydrogen (secondary N) is 1. The van der Waals surface area contributed by atoms with Crippen LogP contribution in [0.1, 0.15) is 45.8 Å². The Hall–Kier alpha value is -2.93. The normalized spacial score (nSPS) is 19.1. The zero-order chi connectivity index (χ0) is 27.6. The molecule has 0 spiro atoms. The van der Waals surface area contributed by atoms with Crippen molar-refractivity contribution in [1.82, 2.24) is 4.98 Å². The second-order valence-electron chi connectivity index (χ2n) is 10.2. The van der Waals surface area contributed by atoms with Crippen LogP contribution in [0.4, 0.5) is 5.69 Å². The van der Waals surface area contributed by atoms with Gasteiger partial charge in [-0.3, -0.25) is 4.79 Å². The van der Waals surface area contributed by atoms with E-state index in [0.29, 0.717) is 35.2 Å². The van der Waals surface area contributed by atoms with Crippen LogP contribution in [-0.4, -0.2) is 28.6 Å². The van der Waals surface area contributed by atoms with Gasteiger partial charge >= 0.3 is 0 Å². The number of quaternary nitrogens is 1. The van der Waals surface area contributed by atoms with Crippen molar-refractivity contribution in [3.8, 4) is 11.1 Å². The number of carbonyl (C=O) groups is 1. The van der Waals surface area contributed by atoms with E-state index in [1.165, 1.54) is 6.20 Å². The maximum Gasteiger partial charge on any atom is 0.255 e. The first kappa shape index (κ1) is 27.6. The van der Waals surface area contributed by atoms with Crippen molar-refractivity contribution in [2.45, 2.75) is 32.2 Å². The maximum absolute atomic E-state index is 13.7. The molecular formula is C31H28Cl3N3O2. The Morgan fingerprint density at radius 1 is 0.974 bits per heavy atom. The quantitative estimate of drug-likeness (QED) is 0.141. The number of nitrogens with zero attached hydrogens (tertiary/aromatic N) is 2. The van der Waals surface area contributed by atoms with E-state index in [-0.39, 0.29) is 21.6 Å². The van der Waals surface area contributed by atoms with E-state index in [1.807, 2.05) is 55.5 Å². The standard InChI is InChI=1S/C31H28Cl3N3O2/c1-20-2-9-29(36-31(38)24-10-13-35-30(34)17-24)27(16-20)23-11-14-37(39,15-12-23)19-21-3-5-22(6-4-21)26-8-7-25(32)18-28(26)33/h2-10,13,16-18,23H,11-12,14-15,19H2,1H3,(H,36,38). The van der Waals surface area contributed by atoms with Crippen LogP contribution in [0, 0.1) is 12.1 Å². The largest absolute Gasteiger partial charge is 0.633 e. The number of pyridine rings is 1. The summed E-state index contributed by atoms with van der Waals surface area (Å²) in [6.45, 7) is 3.48. The lowest BCUT2D eigenvalue weighted by Gasteiger charge is -2.47. The summed E-state index contributed by atoms with van der Waals surface area (Å²) in [5, 5.41) is 18.2. The molecule has 1 aliphatic heterocycles. The fraction of sp³-hybridized carbons (Fsp3) is 0.226. The van der Waals surface area contributed by atoms with Gasteiger partial charge in [0.25, 0.3) is 5.91 Å². The molecular weight excluding hydrogens is 553 g/mol. The number of likely N-dealkylation sites (tertiary alicyclic amines) is 1. The van der Waals surface area contributed by atoms with Gasteiger partial charge in [-0.2, -0.15) is 0 Å². The molecule has 3 aromatic carbocycles. The Labute approximate surface area is 243 Å². The van der Waals surface area contributed by atoms with Gasteiger partial charge in [-0.05, 0) is 54.3 Å². The van der Waals surface area contributed by atoms with Gasteiger partial charge in [0.15, 0.2) is 0 Å². The molecule has 5 nitrogen and oxygen atoms in total. The minimum Gasteiger partial charge on any atom is -0.633 e. The van der Waals surface area contributed by atoms with Crippen LogP contribution in [0.2, 0.25) is 15.2 Å². The van der Waals surface area contributed by atoms with Gasteiger partial charge in [-0.25, -0.2) is 4.98 Å². The summed E-state index contributed by atoms with van der Waals surface area (Å²) in [6, 6.07) is 22.7. The number of halogens is 3. The lowest BCUT2D eigenvalue weighted by atomic mass is 9.87.